The van der Waals surface area contributed by atoms with Crippen molar-refractivity contribution in [3.63, 3.8) is 0 Å². The van der Waals surface area contributed by atoms with Gasteiger partial charge >= 0.3 is 5.97 Å². The number of azide groups is 1. The van der Waals surface area contributed by atoms with Gasteiger partial charge in [0.2, 0.25) is 5.91 Å². The molecule has 2 heterocycles. The summed E-state index contributed by atoms with van der Waals surface area (Å²) in [6, 6.07) is 8.51. The third-order valence-corrected chi connectivity index (χ3v) is 7.96. The predicted octanol–water partition coefficient (Wildman–Crippen LogP) is 5.52. The molecule has 2 aliphatic heterocycles. The maximum atomic E-state index is 13.5. The number of nitrogens with one attached hydrogen (secondary N) is 1. The number of unbranched alkanes of at least 4 members (excludes halogenated alkanes) is 2. The molecule has 13 nitrogen and oxygen atoms in total. The summed E-state index contributed by atoms with van der Waals surface area (Å²) >= 11 is 0. The van der Waals surface area contributed by atoms with E-state index in [0.29, 0.717) is 26.1 Å². The van der Waals surface area contributed by atoms with Crippen molar-refractivity contribution < 1.29 is 42.7 Å². The molecule has 1 amide bonds. The first-order valence-electron chi connectivity index (χ1n) is 16.8. The average molecular weight is 649 g/mol. The Labute approximate surface area is 272 Å². The minimum absolute atomic E-state index is 0.0222. The lowest BCUT2D eigenvalue weighted by Crippen LogP contribution is -2.68. The van der Waals surface area contributed by atoms with E-state index in [2.05, 4.69) is 29.2 Å². The number of benzene rings is 1. The second-order valence-corrected chi connectivity index (χ2v) is 11.5. The number of nitrogens with zero attached hydrogens (tertiary/aromatic N) is 3. The molecule has 2 saturated heterocycles. The van der Waals surface area contributed by atoms with Crippen molar-refractivity contribution in [3.8, 4) is 0 Å². The van der Waals surface area contributed by atoms with Crippen LogP contribution in [0, 0.1) is 0 Å². The molecule has 0 saturated carbocycles. The molecule has 2 aliphatic rings. The highest BCUT2D eigenvalue weighted by Gasteiger charge is 2.53. The van der Waals surface area contributed by atoms with Crippen molar-refractivity contribution in [1.29, 1.82) is 0 Å². The fourth-order valence-corrected chi connectivity index (χ4v) is 5.31. The van der Waals surface area contributed by atoms with Crippen molar-refractivity contribution in [2.45, 2.75) is 128 Å². The highest BCUT2D eigenvalue weighted by Crippen LogP contribution is 2.36. The van der Waals surface area contributed by atoms with E-state index in [1.807, 2.05) is 44.2 Å². The Morgan fingerprint density at radius 3 is 2.28 bits per heavy atom. The Kier molecular flexibility index (Phi) is 17.3. The largest absolute Gasteiger partial charge is 0.457 e. The molecule has 8 atom stereocenters. The van der Waals surface area contributed by atoms with E-state index in [4.69, 9.17) is 38.7 Å². The van der Waals surface area contributed by atoms with Crippen LogP contribution in [0.2, 0.25) is 0 Å². The van der Waals surface area contributed by atoms with E-state index in [0.717, 1.165) is 31.2 Å². The Bertz CT molecular complexity index is 1070. The molecule has 13 heteroatoms. The molecule has 1 aromatic carbocycles. The second kappa shape index (κ2) is 21.2. The van der Waals surface area contributed by atoms with Gasteiger partial charge in [0.25, 0.3) is 0 Å². The standard InChI is InChI=1S/C33H52N4O9/c1-5-9-17-40-24(7-3)20-27(38)36-29-31(45-28(39)21-25(8-4)41-18-10-6-2)30-26(44-33(29)42-19-16-35-37-34)22-43-32(46-30)23-14-12-11-13-15-23/h11-15,24-26,29-33H,5-10,16-22H2,1-4H3,(H,36,38)/t24-,25-,26?,29?,30-,31-,32?,33+/m1/s1. The lowest BCUT2D eigenvalue weighted by atomic mass is 9.94. The summed E-state index contributed by atoms with van der Waals surface area (Å²) in [6.45, 7) is 9.42. The van der Waals surface area contributed by atoms with Crippen molar-refractivity contribution in [2.75, 3.05) is 33.0 Å². The van der Waals surface area contributed by atoms with Gasteiger partial charge in [-0.25, -0.2) is 0 Å². The number of esters is 1. The van der Waals surface area contributed by atoms with Crippen LogP contribution in [0.25, 0.3) is 10.4 Å². The van der Waals surface area contributed by atoms with Crippen LogP contribution < -0.4 is 5.32 Å². The zero-order valence-electron chi connectivity index (χ0n) is 27.7. The summed E-state index contributed by atoms with van der Waals surface area (Å²) in [5.74, 6) is -0.789. The normalized spacial score (nSPS) is 25.5. The number of hydrogen-bond donors (Lipinski definition) is 1. The van der Waals surface area contributed by atoms with Gasteiger partial charge < -0.3 is 38.5 Å². The van der Waals surface area contributed by atoms with Crippen LogP contribution in [0.15, 0.2) is 35.4 Å². The molecule has 0 aliphatic carbocycles. The number of rotatable bonds is 21. The summed E-state index contributed by atoms with van der Waals surface area (Å²) in [5.41, 5.74) is 9.53. The first-order chi connectivity index (χ1) is 22.4. The Hall–Kier alpha value is -2.77. The van der Waals surface area contributed by atoms with Crippen LogP contribution in [-0.4, -0.2) is 87.7 Å². The molecular weight excluding hydrogens is 596 g/mol. The Morgan fingerprint density at radius 1 is 0.978 bits per heavy atom. The lowest BCUT2D eigenvalue weighted by Gasteiger charge is -2.49. The molecule has 0 aromatic heterocycles. The van der Waals surface area contributed by atoms with Gasteiger partial charge in [-0.2, -0.15) is 0 Å². The van der Waals surface area contributed by atoms with Crippen molar-refractivity contribution in [3.05, 3.63) is 46.3 Å². The number of fused-ring (bicyclic) bond motifs is 1. The number of ether oxygens (including phenoxy) is 7. The molecule has 46 heavy (non-hydrogen) atoms. The monoisotopic (exact) mass is 648 g/mol. The quantitative estimate of drug-likeness (QED) is 0.0595. The smallest absolute Gasteiger partial charge is 0.308 e. The third kappa shape index (κ3) is 12.1. The van der Waals surface area contributed by atoms with Gasteiger partial charge in [-0.1, -0.05) is 76.0 Å². The van der Waals surface area contributed by atoms with Crippen molar-refractivity contribution in [2.24, 2.45) is 5.11 Å². The SMILES string of the molecule is CCCCO[C@H](CC)CC(=O)NC1[C@@H](OCCN=[N+]=[N-])OC2COC(c3ccccc3)O[C@H]2[C@@H]1OC(=O)C[C@@H](CC)OCCCC. The van der Waals surface area contributed by atoms with Crippen LogP contribution in [0.1, 0.15) is 90.9 Å². The molecule has 0 radical (unpaired) electrons. The lowest BCUT2D eigenvalue weighted by molar-refractivity contribution is -0.344. The highest BCUT2D eigenvalue weighted by atomic mass is 16.8. The van der Waals surface area contributed by atoms with Crippen molar-refractivity contribution in [1.82, 2.24) is 5.32 Å². The van der Waals surface area contributed by atoms with Gasteiger partial charge in [-0.15, -0.1) is 0 Å². The Balaban J connectivity index is 1.87. The van der Waals surface area contributed by atoms with E-state index < -0.39 is 42.9 Å². The summed E-state index contributed by atoms with van der Waals surface area (Å²) in [4.78, 5) is 29.8. The summed E-state index contributed by atoms with van der Waals surface area (Å²) in [6.07, 6.45) is 0.426. The van der Waals surface area contributed by atoms with Crippen molar-refractivity contribution >= 4 is 11.9 Å². The molecule has 2 fully saturated rings. The van der Waals surface area contributed by atoms with E-state index in [1.54, 1.807) is 0 Å². The summed E-state index contributed by atoms with van der Waals surface area (Å²) < 4.78 is 42.8. The van der Waals surface area contributed by atoms with Gasteiger partial charge in [-0.05, 0) is 31.2 Å². The number of carbonyl (C=O) groups is 2. The maximum Gasteiger partial charge on any atom is 0.308 e. The second-order valence-electron chi connectivity index (χ2n) is 11.5. The maximum absolute atomic E-state index is 13.5. The van der Waals surface area contributed by atoms with E-state index >= 15 is 0 Å². The van der Waals surface area contributed by atoms with Crippen LogP contribution in [-0.2, 0) is 42.7 Å². The average Bonchev–Trinajstić information content (AvgIpc) is 3.07. The first-order valence-corrected chi connectivity index (χ1v) is 16.8. The topological polar surface area (TPSA) is 160 Å². The number of amides is 1. The molecule has 3 unspecified atom stereocenters. The fourth-order valence-electron chi connectivity index (χ4n) is 5.31. The summed E-state index contributed by atoms with van der Waals surface area (Å²) in [5, 5.41) is 6.56. The van der Waals surface area contributed by atoms with Crippen LogP contribution in [0.5, 0.6) is 0 Å². The minimum Gasteiger partial charge on any atom is -0.457 e. The number of hydrogen-bond acceptors (Lipinski definition) is 10. The Morgan fingerprint density at radius 2 is 1.65 bits per heavy atom. The molecular formula is C33H52N4O9. The van der Waals surface area contributed by atoms with E-state index in [9.17, 15) is 9.59 Å². The van der Waals surface area contributed by atoms with Gasteiger partial charge in [0.15, 0.2) is 18.7 Å². The first kappa shape index (κ1) is 37.7. The summed E-state index contributed by atoms with van der Waals surface area (Å²) in [7, 11) is 0. The van der Waals surface area contributed by atoms with Crippen LogP contribution >= 0.6 is 0 Å². The van der Waals surface area contributed by atoms with Gasteiger partial charge in [-0.3, -0.25) is 9.59 Å². The van der Waals surface area contributed by atoms with Crippen LogP contribution in [0.4, 0.5) is 0 Å². The molecule has 0 spiro atoms. The van der Waals surface area contributed by atoms with Crippen LogP contribution in [0.3, 0.4) is 0 Å². The minimum atomic E-state index is -1.04. The third-order valence-electron chi connectivity index (χ3n) is 7.96. The van der Waals surface area contributed by atoms with E-state index in [-0.39, 0.29) is 50.7 Å². The predicted molar refractivity (Wildman–Crippen MR) is 170 cm³/mol. The molecule has 258 valence electrons. The van der Waals surface area contributed by atoms with E-state index in [1.165, 1.54) is 0 Å². The fraction of sp³-hybridized carbons (Fsp3) is 0.758. The molecule has 1 aromatic rings. The van der Waals surface area contributed by atoms with Gasteiger partial charge in [0.05, 0.1) is 38.3 Å². The molecule has 1 N–H and O–H groups in total. The highest BCUT2D eigenvalue weighted by molar-refractivity contribution is 5.77. The van der Waals surface area contributed by atoms with Gasteiger partial charge in [0.1, 0.15) is 18.2 Å². The molecule has 3 rings (SSSR count). The molecule has 0 bridgehead atoms. The number of carbonyl (C=O) groups excluding carboxylic acids is 2. The zero-order chi connectivity index (χ0) is 33.1. The zero-order valence-corrected chi connectivity index (χ0v) is 27.7. The van der Waals surface area contributed by atoms with Gasteiger partial charge in [0, 0.05) is 30.2 Å².